The molecule has 0 spiro atoms. The minimum Gasteiger partial charge on any atom is -0.339 e. The van der Waals surface area contributed by atoms with Crippen LogP contribution in [0.25, 0.3) is 0 Å². The zero-order valence-electron chi connectivity index (χ0n) is 18.3. The molecule has 0 aromatic heterocycles. The van der Waals surface area contributed by atoms with E-state index in [0.29, 0.717) is 28.6 Å². The Hall–Kier alpha value is -1.39. The maximum absolute atomic E-state index is 13.0. The van der Waals surface area contributed by atoms with Crippen molar-refractivity contribution in [1.29, 1.82) is 0 Å². The molecule has 2 fully saturated rings. The lowest BCUT2D eigenvalue weighted by Crippen LogP contribution is -2.49. The summed E-state index contributed by atoms with van der Waals surface area (Å²) in [6.45, 7) is 12.4. The molecular formula is C24H35ClN2O2. The van der Waals surface area contributed by atoms with E-state index >= 15 is 0 Å². The summed E-state index contributed by atoms with van der Waals surface area (Å²) in [7, 11) is 0. The summed E-state index contributed by atoms with van der Waals surface area (Å²) >= 11 is 6.38. The highest BCUT2D eigenvalue weighted by Crippen LogP contribution is 2.27. The number of halogens is 1. The van der Waals surface area contributed by atoms with Crippen molar-refractivity contribution in [3.63, 3.8) is 0 Å². The molecule has 0 radical (unpaired) electrons. The van der Waals surface area contributed by atoms with Crippen molar-refractivity contribution >= 4 is 23.3 Å². The Morgan fingerprint density at radius 2 is 1.79 bits per heavy atom. The molecule has 0 saturated carbocycles. The van der Waals surface area contributed by atoms with Gasteiger partial charge in [0.2, 0.25) is 0 Å². The Morgan fingerprint density at radius 3 is 2.38 bits per heavy atom. The normalized spacial score (nSPS) is 22.0. The molecule has 0 aliphatic carbocycles. The predicted octanol–water partition coefficient (Wildman–Crippen LogP) is 5.30. The fourth-order valence-corrected chi connectivity index (χ4v) is 4.91. The van der Waals surface area contributed by atoms with Gasteiger partial charge in [-0.3, -0.25) is 14.5 Å². The maximum atomic E-state index is 13.0. The van der Waals surface area contributed by atoms with Crippen molar-refractivity contribution in [3.05, 3.63) is 34.3 Å². The number of Topliss-reactive ketones (excluding diaryl/α,β-unsaturated/α-hetero) is 1. The first kappa shape index (κ1) is 22.3. The Kier molecular flexibility index (Phi) is 7.06. The minimum absolute atomic E-state index is 0.0205. The number of rotatable bonds is 4. The Morgan fingerprint density at radius 1 is 1.10 bits per heavy atom. The average Bonchev–Trinajstić information content (AvgIpc) is 2.66. The first-order chi connectivity index (χ1) is 13.6. The highest BCUT2D eigenvalue weighted by molar-refractivity contribution is 6.34. The Balaban J connectivity index is 1.60. The van der Waals surface area contributed by atoms with E-state index in [2.05, 4.69) is 11.8 Å². The second kappa shape index (κ2) is 9.18. The van der Waals surface area contributed by atoms with Crippen LogP contribution in [0.1, 0.15) is 80.5 Å². The van der Waals surface area contributed by atoms with Crippen LogP contribution in [0.2, 0.25) is 5.02 Å². The summed E-state index contributed by atoms with van der Waals surface area (Å²) in [6, 6.07) is 5.73. The molecule has 1 aromatic carbocycles. The molecule has 1 atom stereocenters. The van der Waals surface area contributed by atoms with E-state index in [1.807, 2.05) is 25.7 Å². The number of ketones is 1. The summed E-state index contributed by atoms with van der Waals surface area (Å²) < 4.78 is 0. The molecule has 29 heavy (non-hydrogen) atoms. The number of carbonyl (C=O) groups excluding carboxylic acids is 2. The molecule has 3 rings (SSSR count). The SMILES string of the molecule is C[C@@H]1CCCN(C2CCN(C(=O)c3ccc(C(=O)CC(C)(C)C)c(Cl)c3)CC2)C1. The van der Waals surface area contributed by atoms with Gasteiger partial charge in [0, 0.05) is 43.2 Å². The zero-order chi connectivity index (χ0) is 21.2. The van der Waals surface area contributed by atoms with Crippen LogP contribution >= 0.6 is 11.6 Å². The smallest absolute Gasteiger partial charge is 0.253 e. The van der Waals surface area contributed by atoms with Crippen LogP contribution in [-0.4, -0.2) is 53.7 Å². The number of amides is 1. The van der Waals surface area contributed by atoms with Gasteiger partial charge in [-0.15, -0.1) is 0 Å². The van der Waals surface area contributed by atoms with Crippen LogP contribution in [0.5, 0.6) is 0 Å². The maximum Gasteiger partial charge on any atom is 0.253 e. The molecule has 5 heteroatoms. The van der Waals surface area contributed by atoms with Gasteiger partial charge in [-0.2, -0.15) is 0 Å². The molecule has 1 aromatic rings. The van der Waals surface area contributed by atoms with Gasteiger partial charge < -0.3 is 4.90 Å². The van der Waals surface area contributed by atoms with E-state index in [1.165, 1.54) is 25.9 Å². The minimum atomic E-state index is -0.0919. The number of hydrogen-bond acceptors (Lipinski definition) is 3. The quantitative estimate of drug-likeness (QED) is 0.623. The lowest BCUT2D eigenvalue weighted by molar-refractivity contribution is 0.0541. The molecule has 2 aliphatic heterocycles. The third kappa shape index (κ3) is 5.82. The summed E-state index contributed by atoms with van der Waals surface area (Å²) in [4.78, 5) is 30.0. The van der Waals surface area contributed by atoms with Gasteiger partial charge in [0.1, 0.15) is 0 Å². The van der Waals surface area contributed by atoms with Crippen LogP contribution in [0, 0.1) is 11.3 Å². The molecule has 160 valence electrons. The first-order valence-corrected chi connectivity index (χ1v) is 11.4. The van der Waals surface area contributed by atoms with Crippen molar-refractivity contribution in [2.24, 2.45) is 11.3 Å². The second-order valence-electron chi connectivity index (χ2n) is 10.1. The van der Waals surface area contributed by atoms with Crippen molar-refractivity contribution in [2.75, 3.05) is 26.2 Å². The Bertz CT molecular complexity index is 748. The Labute approximate surface area is 180 Å². The van der Waals surface area contributed by atoms with Gasteiger partial charge in [-0.05, 0) is 61.8 Å². The van der Waals surface area contributed by atoms with Crippen molar-refractivity contribution in [3.8, 4) is 0 Å². The number of piperidine rings is 2. The van der Waals surface area contributed by atoms with Gasteiger partial charge in [-0.1, -0.05) is 39.3 Å². The van der Waals surface area contributed by atoms with Crippen LogP contribution in [0.4, 0.5) is 0 Å². The van der Waals surface area contributed by atoms with Crippen molar-refractivity contribution in [2.45, 2.75) is 65.8 Å². The van der Waals surface area contributed by atoms with Gasteiger partial charge in [-0.25, -0.2) is 0 Å². The molecule has 4 nitrogen and oxygen atoms in total. The molecule has 0 N–H and O–H groups in total. The van der Waals surface area contributed by atoms with Crippen LogP contribution in [-0.2, 0) is 0 Å². The van der Waals surface area contributed by atoms with Crippen molar-refractivity contribution in [1.82, 2.24) is 9.80 Å². The van der Waals surface area contributed by atoms with Crippen molar-refractivity contribution < 1.29 is 9.59 Å². The van der Waals surface area contributed by atoms with Gasteiger partial charge in [0.25, 0.3) is 5.91 Å². The highest BCUT2D eigenvalue weighted by atomic mass is 35.5. The third-order valence-electron chi connectivity index (χ3n) is 6.16. The molecule has 2 saturated heterocycles. The van der Waals surface area contributed by atoms with E-state index in [1.54, 1.807) is 18.2 Å². The van der Waals surface area contributed by atoms with Crippen LogP contribution in [0.15, 0.2) is 18.2 Å². The third-order valence-corrected chi connectivity index (χ3v) is 6.48. The second-order valence-corrected chi connectivity index (χ2v) is 10.5. The van der Waals surface area contributed by atoms with Crippen LogP contribution in [0.3, 0.4) is 0 Å². The van der Waals surface area contributed by atoms with E-state index in [-0.39, 0.29) is 17.1 Å². The average molecular weight is 419 g/mol. The van der Waals surface area contributed by atoms with E-state index in [0.717, 1.165) is 31.8 Å². The summed E-state index contributed by atoms with van der Waals surface area (Å²) in [6.07, 6.45) is 5.13. The molecule has 1 amide bonds. The summed E-state index contributed by atoms with van der Waals surface area (Å²) in [5, 5.41) is 0.377. The fraction of sp³-hybridized carbons (Fsp3) is 0.667. The van der Waals surface area contributed by atoms with Gasteiger partial charge in [0.05, 0.1) is 5.02 Å². The first-order valence-electron chi connectivity index (χ1n) is 11.0. The zero-order valence-corrected chi connectivity index (χ0v) is 19.1. The van der Waals surface area contributed by atoms with Gasteiger partial charge >= 0.3 is 0 Å². The van der Waals surface area contributed by atoms with E-state index in [4.69, 9.17) is 11.6 Å². The molecular weight excluding hydrogens is 384 g/mol. The summed E-state index contributed by atoms with van der Waals surface area (Å²) in [5.41, 5.74) is 0.995. The van der Waals surface area contributed by atoms with Gasteiger partial charge in [0.15, 0.2) is 5.78 Å². The predicted molar refractivity (Wildman–Crippen MR) is 119 cm³/mol. The highest BCUT2D eigenvalue weighted by Gasteiger charge is 2.30. The monoisotopic (exact) mass is 418 g/mol. The molecule has 0 bridgehead atoms. The lowest BCUT2D eigenvalue weighted by atomic mass is 9.87. The number of hydrogen-bond donors (Lipinski definition) is 0. The standard InChI is InChI=1S/C24H35ClN2O2/c1-17-6-5-11-27(16-17)19-9-12-26(13-10-19)23(29)18-7-8-20(21(25)14-18)22(28)15-24(2,3)4/h7-8,14,17,19H,5-6,9-13,15-16H2,1-4H3/t17-/m1/s1. The molecule has 2 heterocycles. The fourth-order valence-electron chi connectivity index (χ4n) is 4.63. The number of benzene rings is 1. The number of carbonyl (C=O) groups is 2. The lowest BCUT2D eigenvalue weighted by Gasteiger charge is -2.41. The largest absolute Gasteiger partial charge is 0.339 e. The van der Waals surface area contributed by atoms with Crippen LogP contribution < -0.4 is 0 Å². The summed E-state index contributed by atoms with van der Waals surface area (Å²) in [5.74, 6) is 0.829. The molecule has 0 unspecified atom stereocenters. The number of nitrogens with zero attached hydrogens (tertiary/aromatic N) is 2. The topological polar surface area (TPSA) is 40.6 Å². The van der Waals surface area contributed by atoms with E-state index in [9.17, 15) is 9.59 Å². The van der Waals surface area contributed by atoms with E-state index < -0.39 is 0 Å². The number of likely N-dealkylation sites (tertiary alicyclic amines) is 2. The molecule has 2 aliphatic rings.